The Kier molecular flexibility index (Phi) is 8.14. The summed E-state index contributed by atoms with van der Waals surface area (Å²) in [6.07, 6.45) is -2.80. The SMILES string of the molecule is Cc1cnc2c(c1C)N(C)C(=O)[C@H]1CN(C(=O)CCOC[C@H](C)NC3CNNC(=O)C3C(F)(F)F)CCN21. The van der Waals surface area contributed by atoms with Crippen LogP contribution in [0.5, 0.6) is 0 Å². The molecule has 0 bridgehead atoms. The van der Waals surface area contributed by atoms with Crippen molar-refractivity contribution in [3.8, 4) is 0 Å². The molecule has 1 aromatic heterocycles. The van der Waals surface area contributed by atoms with E-state index in [2.05, 4.69) is 15.7 Å². The van der Waals surface area contributed by atoms with Gasteiger partial charge in [0, 0.05) is 45.0 Å². The number of aryl methyl sites for hydroxylation is 1. The van der Waals surface area contributed by atoms with Gasteiger partial charge in [0.15, 0.2) is 11.7 Å². The van der Waals surface area contributed by atoms with E-state index in [1.807, 2.05) is 24.2 Å². The maximum Gasteiger partial charge on any atom is 0.402 e. The molecule has 3 N–H and O–H groups in total. The number of ether oxygens (including phenoxy) is 1. The Balaban J connectivity index is 1.26. The topological polar surface area (TPSA) is 119 Å². The van der Waals surface area contributed by atoms with Crippen LogP contribution in [-0.2, 0) is 19.1 Å². The lowest BCUT2D eigenvalue weighted by Crippen LogP contribution is -2.65. The fourth-order valence-electron chi connectivity index (χ4n) is 5.24. The lowest BCUT2D eigenvalue weighted by Gasteiger charge is -2.47. The predicted molar refractivity (Wildman–Crippen MR) is 132 cm³/mol. The number of piperazine rings is 1. The number of carbonyl (C=O) groups excluding carboxylic acids is 3. The molecule has 4 atom stereocenters. The highest BCUT2D eigenvalue weighted by molar-refractivity contribution is 6.06. The average molecular weight is 542 g/mol. The van der Waals surface area contributed by atoms with Crippen molar-refractivity contribution < 1.29 is 32.3 Å². The molecule has 0 aromatic carbocycles. The van der Waals surface area contributed by atoms with Crippen LogP contribution in [0.25, 0.3) is 0 Å². The van der Waals surface area contributed by atoms with E-state index in [0.29, 0.717) is 13.1 Å². The largest absolute Gasteiger partial charge is 0.402 e. The number of fused-ring (bicyclic) bond motifs is 3. The van der Waals surface area contributed by atoms with Gasteiger partial charge in [-0.05, 0) is 31.9 Å². The van der Waals surface area contributed by atoms with E-state index in [1.165, 1.54) is 0 Å². The number of hydrazine groups is 1. The summed E-state index contributed by atoms with van der Waals surface area (Å²) in [5, 5.41) is 2.80. The Bertz CT molecular complexity index is 1090. The molecular formula is C24H34F3N7O4. The number of hydrogen-bond acceptors (Lipinski definition) is 8. The number of pyridine rings is 1. The number of nitrogens with zero attached hydrogens (tertiary/aromatic N) is 4. The van der Waals surface area contributed by atoms with Crippen LogP contribution in [0.2, 0.25) is 0 Å². The highest BCUT2D eigenvalue weighted by Crippen LogP contribution is 2.38. The number of hydrogen-bond donors (Lipinski definition) is 3. The number of amides is 3. The van der Waals surface area contributed by atoms with Crippen molar-refractivity contribution in [3.63, 3.8) is 0 Å². The highest BCUT2D eigenvalue weighted by atomic mass is 19.4. The third-order valence-corrected chi connectivity index (χ3v) is 7.39. The number of halogens is 3. The van der Waals surface area contributed by atoms with Gasteiger partial charge in [0.05, 0.1) is 31.9 Å². The van der Waals surface area contributed by atoms with Crippen LogP contribution < -0.4 is 26.0 Å². The van der Waals surface area contributed by atoms with Gasteiger partial charge in [0.2, 0.25) is 11.8 Å². The van der Waals surface area contributed by atoms with Gasteiger partial charge in [0.25, 0.3) is 5.91 Å². The number of likely N-dealkylation sites (N-methyl/N-ethyl adjacent to an activating group) is 1. The van der Waals surface area contributed by atoms with Crippen molar-refractivity contribution >= 4 is 29.2 Å². The van der Waals surface area contributed by atoms with Crippen LogP contribution in [0.1, 0.15) is 24.5 Å². The molecule has 2 fully saturated rings. The number of alkyl halides is 3. The molecular weight excluding hydrogens is 507 g/mol. The zero-order chi connectivity index (χ0) is 27.8. The fourth-order valence-corrected chi connectivity index (χ4v) is 5.24. The number of aromatic nitrogens is 1. The van der Waals surface area contributed by atoms with E-state index in [1.54, 1.807) is 30.0 Å². The van der Waals surface area contributed by atoms with Crippen LogP contribution in [0.15, 0.2) is 6.20 Å². The zero-order valence-corrected chi connectivity index (χ0v) is 21.9. The molecule has 1 aromatic rings. The minimum Gasteiger partial charge on any atom is -0.379 e. The van der Waals surface area contributed by atoms with Crippen molar-refractivity contribution in [1.82, 2.24) is 26.1 Å². The van der Waals surface area contributed by atoms with Crippen LogP contribution in [0.4, 0.5) is 24.7 Å². The summed E-state index contributed by atoms with van der Waals surface area (Å²) in [6.45, 7) is 6.79. The number of carbonyl (C=O) groups is 3. The molecule has 3 aliphatic rings. The van der Waals surface area contributed by atoms with E-state index in [9.17, 15) is 27.6 Å². The monoisotopic (exact) mass is 541 g/mol. The molecule has 0 aliphatic carbocycles. The van der Waals surface area contributed by atoms with Gasteiger partial charge in [-0.15, -0.1) is 0 Å². The molecule has 0 radical (unpaired) electrons. The fraction of sp³-hybridized carbons (Fsp3) is 0.667. The second-order valence-corrected chi connectivity index (χ2v) is 10.1. The quantitative estimate of drug-likeness (QED) is 0.421. The molecule has 14 heteroatoms. The average Bonchev–Trinajstić information content (AvgIpc) is 2.85. The third kappa shape index (κ3) is 5.57. The molecule has 3 aliphatic heterocycles. The van der Waals surface area contributed by atoms with Crippen LogP contribution in [0.3, 0.4) is 0 Å². The second-order valence-electron chi connectivity index (χ2n) is 10.1. The number of anilines is 2. The number of rotatable bonds is 7. The summed E-state index contributed by atoms with van der Waals surface area (Å²) >= 11 is 0. The van der Waals surface area contributed by atoms with Crippen molar-refractivity contribution in [2.75, 3.05) is 56.2 Å². The highest BCUT2D eigenvalue weighted by Gasteiger charge is 2.51. The standard InChI is InChI=1S/C24H34F3N7O4/c1-13-9-28-21-20(15(13)3)32(4)23(37)17-11-33(6-7-34(17)21)18(35)5-8-38-12-14(2)30-16-10-29-31-22(36)19(16)24(25,26)27/h9,14,16-17,19,29-30H,5-8,10-12H2,1-4H3,(H,31,36)/t14-,16?,17+,19?/m0/s1. The first kappa shape index (κ1) is 28.0. The molecule has 4 rings (SSSR count). The Labute approximate surface area is 219 Å². The van der Waals surface area contributed by atoms with Crippen molar-refractivity contribution in [2.45, 2.75) is 51.5 Å². The van der Waals surface area contributed by atoms with Crippen LogP contribution in [0, 0.1) is 19.8 Å². The van der Waals surface area contributed by atoms with E-state index in [-0.39, 0.29) is 44.5 Å². The van der Waals surface area contributed by atoms with E-state index in [4.69, 9.17) is 4.74 Å². The van der Waals surface area contributed by atoms with Crippen LogP contribution in [-0.4, -0.2) is 98.3 Å². The molecule has 38 heavy (non-hydrogen) atoms. The van der Waals surface area contributed by atoms with E-state index in [0.717, 1.165) is 22.6 Å². The van der Waals surface area contributed by atoms with Crippen molar-refractivity contribution in [3.05, 3.63) is 17.3 Å². The molecule has 0 spiro atoms. The van der Waals surface area contributed by atoms with Gasteiger partial charge in [-0.1, -0.05) is 0 Å². The molecule has 3 amide bonds. The Hall–Kier alpha value is -2.97. The minimum absolute atomic E-state index is 0.0664. The van der Waals surface area contributed by atoms with Gasteiger partial charge in [-0.3, -0.25) is 19.8 Å². The molecule has 2 saturated heterocycles. The first-order chi connectivity index (χ1) is 17.9. The summed E-state index contributed by atoms with van der Waals surface area (Å²) in [6, 6.07) is -2.14. The first-order valence-electron chi connectivity index (χ1n) is 12.6. The van der Waals surface area contributed by atoms with E-state index < -0.39 is 36.1 Å². The summed E-state index contributed by atoms with van der Waals surface area (Å²) in [5.41, 5.74) is 7.28. The zero-order valence-electron chi connectivity index (χ0n) is 21.9. The lowest BCUT2D eigenvalue weighted by molar-refractivity contribution is -0.193. The minimum atomic E-state index is -4.68. The van der Waals surface area contributed by atoms with Crippen molar-refractivity contribution in [1.29, 1.82) is 0 Å². The van der Waals surface area contributed by atoms with Gasteiger partial charge in [-0.2, -0.15) is 13.2 Å². The first-order valence-corrected chi connectivity index (χ1v) is 12.6. The molecule has 210 valence electrons. The lowest BCUT2D eigenvalue weighted by atomic mass is 9.96. The van der Waals surface area contributed by atoms with Crippen LogP contribution >= 0.6 is 0 Å². The Morgan fingerprint density at radius 3 is 2.74 bits per heavy atom. The molecule has 2 unspecified atom stereocenters. The van der Waals surface area contributed by atoms with Crippen molar-refractivity contribution in [2.24, 2.45) is 5.92 Å². The van der Waals surface area contributed by atoms with Gasteiger partial charge >= 0.3 is 6.18 Å². The second kappa shape index (κ2) is 11.0. The van der Waals surface area contributed by atoms with E-state index >= 15 is 0 Å². The predicted octanol–water partition coefficient (Wildman–Crippen LogP) is 0.258. The normalized spacial score (nSPS) is 24.6. The summed E-state index contributed by atoms with van der Waals surface area (Å²) in [5.74, 6) is -2.81. The van der Waals surface area contributed by atoms with Gasteiger partial charge < -0.3 is 24.8 Å². The smallest absolute Gasteiger partial charge is 0.379 e. The molecule has 11 nitrogen and oxygen atoms in total. The van der Waals surface area contributed by atoms with Gasteiger partial charge in [0.1, 0.15) is 6.04 Å². The molecule has 0 saturated carbocycles. The molecule has 4 heterocycles. The maximum atomic E-state index is 13.3. The third-order valence-electron chi connectivity index (χ3n) is 7.39. The maximum absolute atomic E-state index is 13.3. The summed E-state index contributed by atoms with van der Waals surface area (Å²) in [4.78, 5) is 47.5. The Morgan fingerprint density at radius 1 is 1.29 bits per heavy atom. The number of nitrogens with one attached hydrogen (secondary N) is 3. The van der Waals surface area contributed by atoms with Gasteiger partial charge in [-0.25, -0.2) is 10.4 Å². The summed E-state index contributed by atoms with van der Waals surface area (Å²) in [7, 11) is 1.73. The summed E-state index contributed by atoms with van der Waals surface area (Å²) < 4.78 is 45.4. The Morgan fingerprint density at radius 2 is 2.03 bits per heavy atom.